The van der Waals surface area contributed by atoms with Gasteiger partial charge in [0.1, 0.15) is 0 Å². The van der Waals surface area contributed by atoms with Crippen LogP contribution in [0, 0.1) is 0 Å². The molecule has 88 valence electrons. The molecule has 0 saturated carbocycles. The van der Waals surface area contributed by atoms with Gasteiger partial charge in [0.2, 0.25) is 5.91 Å². The number of nitrogens with one attached hydrogen (secondary N) is 2. The van der Waals surface area contributed by atoms with Crippen molar-refractivity contribution in [2.24, 2.45) is 0 Å². The molecule has 0 bridgehead atoms. The lowest BCUT2D eigenvalue weighted by Crippen LogP contribution is -2.26. The van der Waals surface area contributed by atoms with Gasteiger partial charge in [-0.25, -0.2) is 0 Å². The Morgan fingerprint density at radius 2 is 2.00 bits per heavy atom. The lowest BCUT2D eigenvalue weighted by atomic mass is 10.1. The summed E-state index contributed by atoms with van der Waals surface area (Å²) < 4.78 is 0. The zero-order valence-electron chi connectivity index (χ0n) is 10.0. The molecule has 0 unspecified atom stereocenters. The van der Waals surface area contributed by atoms with E-state index in [0.29, 0.717) is 6.54 Å². The van der Waals surface area contributed by atoms with E-state index in [2.05, 4.69) is 35.8 Å². The lowest BCUT2D eigenvalue weighted by molar-refractivity contribution is -0.118. The minimum atomic E-state index is 0.0173. The molecule has 0 aliphatic carbocycles. The summed E-state index contributed by atoms with van der Waals surface area (Å²) in [6.07, 6.45) is 2.23. The quantitative estimate of drug-likeness (QED) is 0.721. The van der Waals surface area contributed by atoms with Crippen LogP contribution >= 0.6 is 0 Å². The van der Waals surface area contributed by atoms with Crippen LogP contribution in [-0.2, 0) is 11.2 Å². The molecule has 3 heteroatoms. The van der Waals surface area contributed by atoms with E-state index in [0.717, 1.165) is 19.4 Å². The van der Waals surface area contributed by atoms with Crippen LogP contribution in [-0.4, -0.2) is 19.0 Å². The van der Waals surface area contributed by atoms with E-state index in [1.54, 1.807) is 0 Å². The van der Waals surface area contributed by atoms with Crippen molar-refractivity contribution in [2.45, 2.75) is 26.7 Å². The van der Waals surface area contributed by atoms with E-state index >= 15 is 0 Å². The van der Waals surface area contributed by atoms with Gasteiger partial charge in [-0.2, -0.15) is 0 Å². The van der Waals surface area contributed by atoms with E-state index in [1.165, 1.54) is 18.2 Å². The summed E-state index contributed by atoms with van der Waals surface area (Å²) in [6.45, 7) is 5.13. The van der Waals surface area contributed by atoms with Crippen molar-refractivity contribution < 1.29 is 4.79 Å². The van der Waals surface area contributed by atoms with Crippen molar-refractivity contribution >= 4 is 11.6 Å². The van der Waals surface area contributed by atoms with Crippen LogP contribution in [0.15, 0.2) is 24.3 Å². The second-order valence-corrected chi connectivity index (χ2v) is 3.82. The van der Waals surface area contributed by atoms with Crippen molar-refractivity contribution in [1.29, 1.82) is 0 Å². The number of rotatable bonds is 6. The molecule has 0 aliphatic heterocycles. The molecule has 1 aromatic rings. The van der Waals surface area contributed by atoms with Gasteiger partial charge >= 0.3 is 0 Å². The summed E-state index contributed by atoms with van der Waals surface area (Å²) in [4.78, 5) is 10.7. The lowest BCUT2D eigenvalue weighted by Gasteiger charge is -2.11. The number of para-hydroxylation sites is 1. The summed E-state index contributed by atoms with van der Waals surface area (Å²) in [5.41, 5.74) is 2.52. The largest absolute Gasteiger partial charge is 0.383 e. The fourth-order valence-corrected chi connectivity index (χ4v) is 1.62. The Hall–Kier alpha value is -1.51. The number of benzene rings is 1. The number of amides is 1. The normalized spacial score (nSPS) is 9.88. The zero-order chi connectivity index (χ0) is 11.8. The summed E-state index contributed by atoms with van der Waals surface area (Å²) in [5, 5.41) is 6.10. The van der Waals surface area contributed by atoms with Crippen LogP contribution in [0.25, 0.3) is 0 Å². The molecule has 0 heterocycles. The van der Waals surface area contributed by atoms with Crippen LogP contribution in [0.1, 0.15) is 25.8 Å². The standard InChI is InChI=1S/C13H20N2O/c1-3-6-12-7-4-5-8-13(12)15-10-9-14-11(2)16/h4-5,7-8,15H,3,6,9-10H2,1-2H3,(H,14,16). The van der Waals surface area contributed by atoms with E-state index in [1.807, 2.05) is 6.07 Å². The van der Waals surface area contributed by atoms with Crippen molar-refractivity contribution in [3.05, 3.63) is 29.8 Å². The first-order chi connectivity index (χ1) is 7.74. The van der Waals surface area contributed by atoms with E-state index in [9.17, 15) is 4.79 Å². The molecule has 1 aromatic carbocycles. The van der Waals surface area contributed by atoms with Gasteiger partial charge in [0, 0.05) is 25.7 Å². The monoisotopic (exact) mass is 220 g/mol. The summed E-state index contributed by atoms with van der Waals surface area (Å²) in [5.74, 6) is 0.0173. The number of carbonyl (C=O) groups excluding carboxylic acids is 1. The Bertz CT molecular complexity index is 336. The minimum Gasteiger partial charge on any atom is -0.383 e. The molecule has 0 aromatic heterocycles. The van der Waals surface area contributed by atoms with E-state index in [4.69, 9.17) is 0 Å². The highest BCUT2D eigenvalue weighted by atomic mass is 16.1. The first kappa shape index (κ1) is 12.6. The van der Waals surface area contributed by atoms with Crippen molar-refractivity contribution in [2.75, 3.05) is 18.4 Å². The fraction of sp³-hybridized carbons (Fsp3) is 0.462. The average Bonchev–Trinajstić information content (AvgIpc) is 2.26. The maximum Gasteiger partial charge on any atom is 0.216 e. The summed E-state index contributed by atoms with van der Waals surface area (Å²) in [6, 6.07) is 8.31. The van der Waals surface area contributed by atoms with E-state index < -0.39 is 0 Å². The third-order valence-electron chi connectivity index (χ3n) is 2.35. The summed E-state index contributed by atoms with van der Waals surface area (Å²) >= 11 is 0. The number of aryl methyl sites for hydroxylation is 1. The zero-order valence-corrected chi connectivity index (χ0v) is 10.0. The van der Waals surface area contributed by atoms with Gasteiger partial charge in [-0.1, -0.05) is 31.5 Å². The molecule has 16 heavy (non-hydrogen) atoms. The first-order valence-electron chi connectivity index (χ1n) is 5.80. The third kappa shape index (κ3) is 4.34. The molecule has 0 aliphatic rings. The summed E-state index contributed by atoms with van der Waals surface area (Å²) in [7, 11) is 0. The Morgan fingerprint density at radius 3 is 2.69 bits per heavy atom. The van der Waals surface area contributed by atoms with Crippen LogP contribution < -0.4 is 10.6 Å². The Labute approximate surface area is 97.2 Å². The first-order valence-corrected chi connectivity index (χ1v) is 5.80. The fourth-order valence-electron chi connectivity index (χ4n) is 1.62. The van der Waals surface area contributed by atoms with Gasteiger partial charge < -0.3 is 10.6 Å². The second kappa shape index (κ2) is 6.88. The van der Waals surface area contributed by atoms with Crippen LogP contribution in [0.5, 0.6) is 0 Å². The van der Waals surface area contributed by atoms with Gasteiger partial charge in [0.15, 0.2) is 0 Å². The average molecular weight is 220 g/mol. The van der Waals surface area contributed by atoms with Crippen molar-refractivity contribution in [3.63, 3.8) is 0 Å². The molecule has 1 amide bonds. The predicted octanol–water partition coefficient (Wildman–Crippen LogP) is 2.19. The highest BCUT2D eigenvalue weighted by Crippen LogP contribution is 2.16. The second-order valence-electron chi connectivity index (χ2n) is 3.82. The van der Waals surface area contributed by atoms with E-state index in [-0.39, 0.29) is 5.91 Å². The Kier molecular flexibility index (Phi) is 5.40. The Morgan fingerprint density at radius 1 is 1.25 bits per heavy atom. The smallest absolute Gasteiger partial charge is 0.216 e. The van der Waals surface area contributed by atoms with Gasteiger partial charge in [0.25, 0.3) is 0 Å². The predicted molar refractivity (Wildman–Crippen MR) is 67.6 cm³/mol. The highest BCUT2D eigenvalue weighted by Gasteiger charge is 1.99. The minimum absolute atomic E-state index is 0.0173. The highest BCUT2D eigenvalue weighted by molar-refractivity contribution is 5.72. The van der Waals surface area contributed by atoms with Crippen LogP contribution in [0.2, 0.25) is 0 Å². The maximum absolute atomic E-state index is 10.7. The molecule has 3 nitrogen and oxygen atoms in total. The number of hydrogen-bond acceptors (Lipinski definition) is 2. The van der Waals surface area contributed by atoms with Gasteiger partial charge in [-0.15, -0.1) is 0 Å². The molecule has 0 fully saturated rings. The molecule has 0 atom stereocenters. The SMILES string of the molecule is CCCc1ccccc1NCCNC(C)=O. The van der Waals surface area contributed by atoms with Crippen molar-refractivity contribution in [1.82, 2.24) is 5.32 Å². The molecule has 2 N–H and O–H groups in total. The molecule has 0 spiro atoms. The number of carbonyl (C=O) groups is 1. The molecule has 0 radical (unpaired) electrons. The third-order valence-corrected chi connectivity index (χ3v) is 2.35. The molecule has 0 saturated heterocycles. The maximum atomic E-state index is 10.7. The van der Waals surface area contributed by atoms with Crippen molar-refractivity contribution in [3.8, 4) is 0 Å². The molecular formula is C13H20N2O. The van der Waals surface area contributed by atoms with Crippen LogP contribution in [0.3, 0.4) is 0 Å². The number of hydrogen-bond donors (Lipinski definition) is 2. The molecular weight excluding hydrogens is 200 g/mol. The van der Waals surface area contributed by atoms with Gasteiger partial charge in [-0.3, -0.25) is 4.79 Å². The van der Waals surface area contributed by atoms with Gasteiger partial charge in [0.05, 0.1) is 0 Å². The van der Waals surface area contributed by atoms with Crippen LogP contribution in [0.4, 0.5) is 5.69 Å². The number of anilines is 1. The molecule has 1 rings (SSSR count). The Balaban J connectivity index is 2.43. The van der Waals surface area contributed by atoms with Gasteiger partial charge in [-0.05, 0) is 18.1 Å². The topological polar surface area (TPSA) is 41.1 Å².